The molecule has 1 saturated heterocycles. The molecule has 0 amide bonds. The van der Waals surface area contributed by atoms with Gasteiger partial charge in [0.25, 0.3) is 0 Å². The molecular formula is C14H17N3O2. The van der Waals surface area contributed by atoms with Gasteiger partial charge in [-0.3, -0.25) is 4.98 Å². The maximum atomic E-state index is 5.95. The molecule has 1 aromatic heterocycles. The summed E-state index contributed by atoms with van der Waals surface area (Å²) in [7, 11) is 0. The number of benzene rings is 1. The quantitative estimate of drug-likeness (QED) is 0.820. The maximum absolute atomic E-state index is 5.95. The molecule has 1 fully saturated rings. The second-order valence-electron chi connectivity index (χ2n) is 4.55. The van der Waals surface area contributed by atoms with E-state index in [-0.39, 0.29) is 6.10 Å². The van der Waals surface area contributed by atoms with Crippen LogP contribution in [0.5, 0.6) is 0 Å². The van der Waals surface area contributed by atoms with Gasteiger partial charge in [0.05, 0.1) is 37.1 Å². The highest BCUT2D eigenvalue weighted by atomic mass is 16.6. The molecule has 0 bridgehead atoms. The van der Waals surface area contributed by atoms with E-state index >= 15 is 0 Å². The predicted octanol–water partition coefficient (Wildman–Crippen LogP) is 1.64. The van der Waals surface area contributed by atoms with Crippen LogP contribution < -0.4 is 11.1 Å². The molecule has 1 unspecified atom stereocenters. The van der Waals surface area contributed by atoms with Crippen molar-refractivity contribution in [2.24, 2.45) is 0 Å². The van der Waals surface area contributed by atoms with Crippen molar-refractivity contribution in [3.8, 4) is 0 Å². The zero-order valence-electron chi connectivity index (χ0n) is 10.6. The highest BCUT2D eigenvalue weighted by Gasteiger charge is 2.14. The smallest absolute Gasteiger partial charge is 0.0981 e. The van der Waals surface area contributed by atoms with Crippen LogP contribution in [-0.4, -0.2) is 37.5 Å². The van der Waals surface area contributed by atoms with Gasteiger partial charge in [0.1, 0.15) is 0 Å². The molecule has 19 heavy (non-hydrogen) atoms. The van der Waals surface area contributed by atoms with Gasteiger partial charge in [0.15, 0.2) is 0 Å². The molecule has 5 heteroatoms. The van der Waals surface area contributed by atoms with Gasteiger partial charge in [0.2, 0.25) is 0 Å². The topological polar surface area (TPSA) is 69.4 Å². The van der Waals surface area contributed by atoms with Crippen LogP contribution in [0.4, 0.5) is 11.4 Å². The average molecular weight is 259 g/mol. The van der Waals surface area contributed by atoms with Crippen molar-refractivity contribution < 1.29 is 9.47 Å². The Labute approximate surface area is 111 Å². The van der Waals surface area contributed by atoms with Gasteiger partial charge in [-0.15, -0.1) is 0 Å². The second kappa shape index (κ2) is 5.42. The van der Waals surface area contributed by atoms with E-state index in [4.69, 9.17) is 15.2 Å². The molecule has 1 aliphatic heterocycles. The van der Waals surface area contributed by atoms with Crippen LogP contribution >= 0.6 is 0 Å². The van der Waals surface area contributed by atoms with Gasteiger partial charge in [-0.2, -0.15) is 0 Å². The lowest BCUT2D eigenvalue weighted by Gasteiger charge is -2.23. The zero-order chi connectivity index (χ0) is 13.1. The van der Waals surface area contributed by atoms with Crippen molar-refractivity contribution >= 4 is 22.3 Å². The molecule has 1 aliphatic rings. The SMILES string of the molecule is Nc1ccc(NCC2COCCO2)c2ncccc12. The Kier molecular flexibility index (Phi) is 3.48. The Bertz CT molecular complexity index is 568. The number of ether oxygens (including phenoxy) is 2. The molecule has 3 N–H and O–H groups in total. The third kappa shape index (κ3) is 2.62. The van der Waals surface area contributed by atoms with E-state index in [1.54, 1.807) is 6.20 Å². The molecule has 2 heterocycles. The maximum Gasteiger partial charge on any atom is 0.0981 e. The van der Waals surface area contributed by atoms with E-state index in [2.05, 4.69) is 10.3 Å². The van der Waals surface area contributed by atoms with Crippen LogP contribution in [0.3, 0.4) is 0 Å². The summed E-state index contributed by atoms with van der Waals surface area (Å²) in [4.78, 5) is 4.39. The summed E-state index contributed by atoms with van der Waals surface area (Å²) in [6.07, 6.45) is 1.86. The van der Waals surface area contributed by atoms with Crippen LogP contribution in [0, 0.1) is 0 Å². The van der Waals surface area contributed by atoms with Crippen LogP contribution in [0.2, 0.25) is 0 Å². The molecule has 3 rings (SSSR count). The summed E-state index contributed by atoms with van der Waals surface area (Å²) >= 11 is 0. The van der Waals surface area contributed by atoms with Crippen LogP contribution in [0.25, 0.3) is 10.9 Å². The summed E-state index contributed by atoms with van der Waals surface area (Å²) < 4.78 is 11.0. The van der Waals surface area contributed by atoms with Crippen molar-refractivity contribution in [1.82, 2.24) is 4.98 Å². The molecule has 0 radical (unpaired) electrons. The predicted molar refractivity (Wildman–Crippen MR) is 75.2 cm³/mol. The Morgan fingerprint density at radius 3 is 3.11 bits per heavy atom. The van der Waals surface area contributed by atoms with Gasteiger partial charge in [0, 0.05) is 23.8 Å². The van der Waals surface area contributed by atoms with Crippen LogP contribution in [0.1, 0.15) is 0 Å². The van der Waals surface area contributed by atoms with Gasteiger partial charge in [-0.05, 0) is 24.3 Å². The lowest BCUT2D eigenvalue weighted by atomic mass is 10.1. The third-order valence-corrected chi connectivity index (χ3v) is 3.21. The number of hydrogen-bond acceptors (Lipinski definition) is 5. The molecule has 0 saturated carbocycles. The van der Waals surface area contributed by atoms with Crippen molar-refractivity contribution in [3.63, 3.8) is 0 Å². The van der Waals surface area contributed by atoms with E-state index in [0.29, 0.717) is 26.4 Å². The second-order valence-corrected chi connectivity index (χ2v) is 4.55. The monoisotopic (exact) mass is 259 g/mol. The third-order valence-electron chi connectivity index (χ3n) is 3.21. The number of aromatic nitrogens is 1. The van der Waals surface area contributed by atoms with E-state index in [1.807, 2.05) is 24.3 Å². The number of rotatable bonds is 3. The van der Waals surface area contributed by atoms with E-state index < -0.39 is 0 Å². The van der Waals surface area contributed by atoms with Crippen molar-refractivity contribution in [3.05, 3.63) is 30.5 Å². The lowest BCUT2D eigenvalue weighted by molar-refractivity contribution is -0.0818. The first-order valence-electron chi connectivity index (χ1n) is 6.41. The number of nitrogen functional groups attached to an aromatic ring is 1. The number of pyridine rings is 1. The Morgan fingerprint density at radius 1 is 1.32 bits per heavy atom. The molecule has 100 valence electrons. The van der Waals surface area contributed by atoms with Crippen LogP contribution in [0.15, 0.2) is 30.5 Å². The Balaban J connectivity index is 1.79. The molecule has 1 atom stereocenters. The van der Waals surface area contributed by atoms with Gasteiger partial charge in [-0.25, -0.2) is 0 Å². The largest absolute Gasteiger partial charge is 0.398 e. The first-order valence-corrected chi connectivity index (χ1v) is 6.41. The van der Waals surface area contributed by atoms with Crippen molar-refractivity contribution in [1.29, 1.82) is 0 Å². The summed E-state index contributed by atoms with van der Waals surface area (Å²) in [6.45, 7) is 2.68. The summed E-state index contributed by atoms with van der Waals surface area (Å²) in [5, 5.41) is 4.33. The number of nitrogens with zero attached hydrogens (tertiary/aromatic N) is 1. The molecular weight excluding hydrogens is 242 g/mol. The zero-order valence-corrected chi connectivity index (χ0v) is 10.6. The van der Waals surface area contributed by atoms with E-state index in [9.17, 15) is 0 Å². The molecule has 2 aromatic rings. The molecule has 0 spiro atoms. The Hall–Kier alpha value is -1.85. The van der Waals surface area contributed by atoms with Crippen LogP contribution in [-0.2, 0) is 9.47 Å². The minimum atomic E-state index is 0.0880. The number of anilines is 2. The highest BCUT2D eigenvalue weighted by molar-refractivity contribution is 5.98. The minimum Gasteiger partial charge on any atom is -0.398 e. The summed E-state index contributed by atoms with van der Waals surface area (Å²) in [5.74, 6) is 0. The summed E-state index contributed by atoms with van der Waals surface area (Å²) in [6, 6.07) is 7.71. The fourth-order valence-electron chi connectivity index (χ4n) is 2.22. The first kappa shape index (κ1) is 12.2. The van der Waals surface area contributed by atoms with Crippen molar-refractivity contribution in [2.75, 3.05) is 37.4 Å². The fraction of sp³-hybridized carbons (Fsp3) is 0.357. The first-order chi connectivity index (χ1) is 9.34. The van der Waals surface area contributed by atoms with E-state index in [1.165, 1.54) is 0 Å². The van der Waals surface area contributed by atoms with Gasteiger partial charge in [-0.1, -0.05) is 0 Å². The average Bonchev–Trinajstić information content (AvgIpc) is 2.48. The lowest BCUT2D eigenvalue weighted by Crippen LogP contribution is -2.34. The number of hydrogen-bond donors (Lipinski definition) is 2. The molecule has 1 aromatic carbocycles. The van der Waals surface area contributed by atoms with Crippen molar-refractivity contribution in [2.45, 2.75) is 6.10 Å². The fourth-order valence-corrected chi connectivity index (χ4v) is 2.22. The van der Waals surface area contributed by atoms with Gasteiger partial charge < -0.3 is 20.5 Å². The summed E-state index contributed by atoms with van der Waals surface area (Å²) in [5.41, 5.74) is 8.55. The Morgan fingerprint density at radius 2 is 2.26 bits per heavy atom. The highest BCUT2D eigenvalue weighted by Crippen LogP contribution is 2.26. The molecule has 5 nitrogen and oxygen atoms in total. The molecule has 0 aliphatic carbocycles. The minimum absolute atomic E-state index is 0.0880. The number of nitrogens with two attached hydrogens (primary N) is 1. The van der Waals surface area contributed by atoms with E-state index in [0.717, 1.165) is 22.3 Å². The standard InChI is InChI=1S/C14H17N3O2/c15-12-3-4-13(14-11(12)2-1-5-16-14)17-8-10-9-18-6-7-19-10/h1-5,10,17H,6-9,15H2. The number of fused-ring (bicyclic) bond motifs is 1. The number of nitrogens with one attached hydrogen (secondary N) is 1. The normalized spacial score (nSPS) is 19.5. The van der Waals surface area contributed by atoms with Gasteiger partial charge >= 0.3 is 0 Å².